The number of rotatable bonds is 9. The van der Waals surface area contributed by atoms with Crippen molar-refractivity contribution in [3.05, 3.63) is 94.3 Å². The number of para-hydroxylation sites is 2. The van der Waals surface area contributed by atoms with Crippen LogP contribution < -0.4 is 10.1 Å². The summed E-state index contributed by atoms with van der Waals surface area (Å²) in [6, 6.07) is 21.2. The number of halogens is 1. The molecule has 6 heteroatoms. The summed E-state index contributed by atoms with van der Waals surface area (Å²) in [6.45, 7) is 9.71. The zero-order chi connectivity index (χ0) is 24.9. The summed E-state index contributed by atoms with van der Waals surface area (Å²) in [4.78, 5) is 17.7. The predicted molar refractivity (Wildman–Crippen MR) is 142 cm³/mol. The van der Waals surface area contributed by atoms with E-state index in [0.29, 0.717) is 23.1 Å². The second kappa shape index (κ2) is 11.0. The Kier molecular flexibility index (Phi) is 7.76. The van der Waals surface area contributed by atoms with Gasteiger partial charge in [-0.25, -0.2) is 4.98 Å². The first kappa shape index (κ1) is 24.8. The van der Waals surface area contributed by atoms with Crippen molar-refractivity contribution in [2.24, 2.45) is 0 Å². The number of aryl methyl sites for hydroxylation is 2. The molecule has 1 heterocycles. The molecule has 182 valence electrons. The number of hydrogen-bond acceptors (Lipinski definition) is 3. The molecule has 3 aromatic carbocycles. The monoisotopic (exact) mass is 489 g/mol. The number of fused-ring (bicyclic) bond motifs is 1. The van der Waals surface area contributed by atoms with E-state index in [0.717, 1.165) is 35.6 Å². The molecular formula is C29H32ClN3O2. The van der Waals surface area contributed by atoms with E-state index in [-0.39, 0.29) is 11.9 Å². The smallest absolute Gasteiger partial charge is 0.253 e. The van der Waals surface area contributed by atoms with Gasteiger partial charge in [0.1, 0.15) is 11.6 Å². The molecule has 0 radical (unpaired) electrons. The van der Waals surface area contributed by atoms with E-state index >= 15 is 0 Å². The number of hydrogen-bond donors (Lipinski definition) is 1. The van der Waals surface area contributed by atoms with Crippen LogP contribution in [-0.2, 0) is 6.54 Å². The summed E-state index contributed by atoms with van der Waals surface area (Å²) in [7, 11) is 0. The molecule has 4 rings (SSSR count). The fourth-order valence-corrected chi connectivity index (χ4v) is 4.51. The van der Waals surface area contributed by atoms with Gasteiger partial charge >= 0.3 is 0 Å². The first-order chi connectivity index (χ1) is 16.8. The molecule has 1 N–H and O–H groups in total. The van der Waals surface area contributed by atoms with Crippen LogP contribution in [0, 0.1) is 6.92 Å². The minimum Gasteiger partial charge on any atom is -0.493 e. The number of ether oxygens (including phenoxy) is 1. The summed E-state index contributed by atoms with van der Waals surface area (Å²) in [5.41, 5.74) is 4.81. The molecule has 0 spiro atoms. The van der Waals surface area contributed by atoms with Gasteiger partial charge in [0, 0.05) is 6.54 Å². The van der Waals surface area contributed by atoms with Crippen molar-refractivity contribution in [1.29, 1.82) is 0 Å². The molecule has 0 aliphatic rings. The Morgan fingerprint density at radius 1 is 1.06 bits per heavy atom. The Morgan fingerprint density at radius 3 is 2.57 bits per heavy atom. The van der Waals surface area contributed by atoms with Crippen LogP contribution in [0.3, 0.4) is 0 Å². The summed E-state index contributed by atoms with van der Waals surface area (Å²) in [5, 5.41) is 3.49. The van der Waals surface area contributed by atoms with E-state index in [4.69, 9.17) is 21.3 Å². The highest BCUT2D eigenvalue weighted by atomic mass is 35.5. The number of benzene rings is 3. The van der Waals surface area contributed by atoms with Crippen LogP contribution in [0.25, 0.3) is 11.0 Å². The molecule has 4 aromatic rings. The number of carbonyl (C=O) groups excluding carboxylic acids is 1. The van der Waals surface area contributed by atoms with E-state index in [9.17, 15) is 4.79 Å². The van der Waals surface area contributed by atoms with Crippen LogP contribution in [-0.4, -0.2) is 22.1 Å². The number of aromatic nitrogens is 2. The summed E-state index contributed by atoms with van der Waals surface area (Å²) in [6.07, 6.45) is 0.810. The molecule has 0 aliphatic heterocycles. The van der Waals surface area contributed by atoms with Crippen molar-refractivity contribution in [1.82, 2.24) is 14.9 Å². The van der Waals surface area contributed by atoms with Crippen molar-refractivity contribution in [2.45, 2.75) is 52.6 Å². The maximum absolute atomic E-state index is 12.9. The Balaban J connectivity index is 1.50. The minimum atomic E-state index is -0.295. The second-order valence-electron chi connectivity index (χ2n) is 9.18. The molecule has 1 aromatic heterocycles. The molecule has 1 atom stereocenters. The first-order valence-electron chi connectivity index (χ1n) is 12.1. The van der Waals surface area contributed by atoms with Crippen LogP contribution in [0.4, 0.5) is 0 Å². The third kappa shape index (κ3) is 5.68. The molecule has 0 saturated carbocycles. The van der Waals surface area contributed by atoms with E-state index in [1.165, 1.54) is 11.1 Å². The van der Waals surface area contributed by atoms with Gasteiger partial charge in [-0.1, -0.05) is 61.8 Å². The van der Waals surface area contributed by atoms with E-state index < -0.39 is 0 Å². The zero-order valence-corrected chi connectivity index (χ0v) is 21.5. The molecule has 35 heavy (non-hydrogen) atoms. The van der Waals surface area contributed by atoms with Gasteiger partial charge in [0.2, 0.25) is 0 Å². The molecular weight excluding hydrogens is 458 g/mol. The van der Waals surface area contributed by atoms with Gasteiger partial charge in [-0.15, -0.1) is 0 Å². The molecule has 0 saturated heterocycles. The molecule has 0 aliphatic carbocycles. The van der Waals surface area contributed by atoms with Gasteiger partial charge in [0.15, 0.2) is 0 Å². The SMILES string of the molecule is Cc1ccc(C(C)C)c(OCCCn2c(C(C)NC(=O)c3ccccc3Cl)nc3ccccc32)c1. The zero-order valence-electron chi connectivity index (χ0n) is 20.7. The Labute approximate surface area is 212 Å². The maximum Gasteiger partial charge on any atom is 0.253 e. The molecule has 1 unspecified atom stereocenters. The maximum atomic E-state index is 12.9. The lowest BCUT2D eigenvalue weighted by molar-refractivity contribution is 0.0937. The second-order valence-corrected chi connectivity index (χ2v) is 9.59. The summed E-state index contributed by atoms with van der Waals surface area (Å²) >= 11 is 6.22. The highest BCUT2D eigenvalue weighted by Gasteiger charge is 2.20. The summed E-state index contributed by atoms with van der Waals surface area (Å²) < 4.78 is 8.38. The van der Waals surface area contributed by atoms with Gasteiger partial charge in [0.25, 0.3) is 5.91 Å². The third-order valence-electron chi connectivity index (χ3n) is 6.11. The highest BCUT2D eigenvalue weighted by molar-refractivity contribution is 6.33. The number of carbonyl (C=O) groups is 1. The number of nitrogens with zero attached hydrogens (tertiary/aromatic N) is 2. The average molecular weight is 490 g/mol. The third-order valence-corrected chi connectivity index (χ3v) is 6.44. The quantitative estimate of drug-likeness (QED) is 0.255. The standard InChI is InChI=1S/C29H32ClN3O2/c1-19(2)22-15-14-20(3)18-27(22)35-17-9-16-33-26-13-8-7-12-25(26)32-28(33)21(4)31-29(34)23-10-5-6-11-24(23)30/h5-8,10-15,18-19,21H,9,16-17H2,1-4H3,(H,31,34). The lowest BCUT2D eigenvalue weighted by Gasteiger charge is -2.18. The van der Waals surface area contributed by atoms with Gasteiger partial charge < -0.3 is 14.6 Å². The van der Waals surface area contributed by atoms with Crippen molar-refractivity contribution in [3.8, 4) is 5.75 Å². The minimum absolute atomic E-state index is 0.217. The topological polar surface area (TPSA) is 56.1 Å². The Morgan fingerprint density at radius 2 is 1.80 bits per heavy atom. The molecule has 0 bridgehead atoms. The van der Waals surface area contributed by atoms with E-state index in [1.807, 2.05) is 31.2 Å². The van der Waals surface area contributed by atoms with Crippen molar-refractivity contribution >= 4 is 28.5 Å². The number of imidazole rings is 1. The van der Waals surface area contributed by atoms with Crippen molar-refractivity contribution in [3.63, 3.8) is 0 Å². The van der Waals surface area contributed by atoms with Gasteiger partial charge in [0.05, 0.1) is 34.3 Å². The lowest BCUT2D eigenvalue weighted by Crippen LogP contribution is -2.29. The Hall–Kier alpha value is -3.31. The van der Waals surface area contributed by atoms with Crippen LogP contribution in [0.2, 0.25) is 5.02 Å². The first-order valence-corrected chi connectivity index (χ1v) is 12.5. The largest absolute Gasteiger partial charge is 0.493 e. The predicted octanol–water partition coefficient (Wildman–Crippen LogP) is 7.08. The van der Waals surface area contributed by atoms with Crippen molar-refractivity contribution < 1.29 is 9.53 Å². The Bertz CT molecular complexity index is 1330. The van der Waals surface area contributed by atoms with Crippen LogP contribution >= 0.6 is 11.6 Å². The van der Waals surface area contributed by atoms with Crippen molar-refractivity contribution in [2.75, 3.05) is 6.61 Å². The lowest BCUT2D eigenvalue weighted by atomic mass is 10.0. The fraction of sp³-hybridized carbons (Fsp3) is 0.310. The summed E-state index contributed by atoms with van der Waals surface area (Å²) in [5.74, 6) is 1.95. The molecule has 0 fully saturated rings. The van der Waals surface area contributed by atoms with E-state index in [1.54, 1.807) is 18.2 Å². The number of amides is 1. The van der Waals surface area contributed by atoms with Gasteiger partial charge in [-0.2, -0.15) is 0 Å². The normalized spacial score (nSPS) is 12.2. The van der Waals surface area contributed by atoms with E-state index in [2.05, 4.69) is 54.9 Å². The van der Waals surface area contributed by atoms with Crippen LogP contribution in [0.5, 0.6) is 5.75 Å². The average Bonchev–Trinajstić information content (AvgIpc) is 3.20. The van der Waals surface area contributed by atoms with Crippen LogP contribution in [0.1, 0.15) is 66.5 Å². The molecule has 1 amide bonds. The van der Waals surface area contributed by atoms with Gasteiger partial charge in [-0.3, -0.25) is 4.79 Å². The molecule has 5 nitrogen and oxygen atoms in total. The fourth-order valence-electron chi connectivity index (χ4n) is 4.29. The van der Waals surface area contributed by atoms with Gasteiger partial charge in [-0.05, 0) is 67.6 Å². The van der Waals surface area contributed by atoms with Crippen LogP contribution in [0.15, 0.2) is 66.7 Å². The highest BCUT2D eigenvalue weighted by Crippen LogP contribution is 2.28. The number of nitrogens with one attached hydrogen (secondary N) is 1.